The van der Waals surface area contributed by atoms with E-state index < -0.39 is 0 Å². The Bertz CT molecular complexity index is 959. The van der Waals surface area contributed by atoms with Crippen LogP contribution in [0.15, 0.2) is 60.8 Å². The Morgan fingerprint density at radius 2 is 1.77 bits per heavy atom. The van der Waals surface area contributed by atoms with E-state index >= 15 is 0 Å². The highest BCUT2D eigenvalue weighted by Crippen LogP contribution is 2.29. The number of H-pyrrole nitrogens is 1. The summed E-state index contributed by atoms with van der Waals surface area (Å²) in [7, 11) is 0. The molecule has 0 amide bonds. The molecule has 4 heteroatoms. The molecule has 0 radical (unpaired) electrons. The van der Waals surface area contributed by atoms with Crippen LogP contribution in [0.3, 0.4) is 0 Å². The van der Waals surface area contributed by atoms with Gasteiger partial charge in [0, 0.05) is 34.1 Å². The highest BCUT2D eigenvalue weighted by Gasteiger charge is 2.09. The maximum absolute atomic E-state index is 6.20. The van der Waals surface area contributed by atoms with Gasteiger partial charge in [-0.3, -0.25) is 0 Å². The molecule has 0 aliphatic carbocycles. The van der Waals surface area contributed by atoms with Crippen molar-refractivity contribution in [3.05, 3.63) is 71.4 Å². The lowest BCUT2D eigenvalue weighted by molar-refractivity contribution is 1.12. The third-order valence-corrected chi connectivity index (χ3v) is 4.20. The second-order valence-electron chi connectivity index (χ2n) is 5.20. The van der Waals surface area contributed by atoms with E-state index in [1.54, 1.807) is 0 Å². The number of nitrogens with one attached hydrogen (secondary N) is 2. The van der Waals surface area contributed by atoms with Crippen LogP contribution in [0.1, 0.15) is 5.56 Å². The molecule has 0 aliphatic rings. The first-order chi connectivity index (χ1) is 10.8. The third-order valence-electron chi connectivity index (χ3n) is 3.83. The first-order valence-corrected chi connectivity index (χ1v) is 7.53. The van der Waals surface area contributed by atoms with E-state index in [0.717, 1.165) is 27.4 Å². The number of hydrogen-bond donors (Lipinski definition) is 2. The van der Waals surface area contributed by atoms with Crippen LogP contribution in [0.4, 0.5) is 5.82 Å². The highest BCUT2D eigenvalue weighted by atomic mass is 35.5. The van der Waals surface area contributed by atoms with Crippen molar-refractivity contribution in [2.24, 2.45) is 0 Å². The minimum atomic E-state index is 0.640. The number of aromatic amines is 1. The van der Waals surface area contributed by atoms with Crippen molar-refractivity contribution in [1.29, 1.82) is 0 Å². The van der Waals surface area contributed by atoms with E-state index in [4.69, 9.17) is 11.6 Å². The Labute approximate surface area is 132 Å². The summed E-state index contributed by atoms with van der Waals surface area (Å²) in [6, 6.07) is 18.1. The molecule has 0 spiro atoms. The molecule has 0 bridgehead atoms. The molecule has 0 fully saturated rings. The van der Waals surface area contributed by atoms with E-state index in [1.807, 2.05) is 48.7 Å². The van der Waals surface area contributed by atoms with Crippen molar-refractivity contribution in [3.63, 3.8) is 0 Å². The molecule has 2 heterocycles. The fraction of sp³-hybridized carbons (Fsp3) is 0.0556. The smallest absolute Gasteiger partial charge is 0.150 e. The van der Waals surface area contributed by atoms with Gasteiger partial charge in [0.25, 0.3) is 0 Å². The molecule has 2 aromatic heterocycles. The number of para-hydroxylation sites is 1. The maximum atomic E-state index is 6.20. The minimum Gasteiger partial charge on any atom is -0.364 e. The van der Waals surface area contributed by atoms with Gasteiger partial charge in [-0.2, -0.15) is 0 Å². The molecule has 108 valence electrons. The second kappa shape index (κ2) is 5.35. The predicted octanol–water partition coefficient (Wildman–Crippen LogP) is 4.98. The predicted molar refractivity (Wildman–Crippen MR) is 92.4 cm³/mol. The molecule has 2 N–H and O–H groups in total. The van der Waals surface area contributed by atoms with Crippen molar-refractivity contribution in [2.45, 2.75) is 6.54 Å². The van der Waals surface area contributed by atoms with E-state index in [9.17, 15) is 0 Å². The van der Waals surface area contributed by atoms with Gasteiger partial charge in [0.05, 0.1) is 5.52 Å². The molecular formula is C18H14ClN3. The summed E-state index contributed by atoms with van der Waals surface area (Å²) < 4.78 is 0. The van der Waals surface area contributed by atoms with E-state index in [-0.39, 0.29) is 0 Å². The first kappa shape index (κ1) is 13.2. The van der Waals surface area contributed by atoms with Crippen LogP contribution in [0, 0.1) is 0 Å². The molecule has 3 nitrogen and oxygen atoms in total. The van der Waals surface area contributed by atoms with Gasteiger partial charge in [-0.15, -0.1) is 0 Å². The second-order valence-corrected chi connectivity index (χ2v) is 5.60. The quantitative estimate of drug-likeness (QED) is 0.560. The summed E-state index contributed by atoms with van der Waals surface area (Å²) in [4.78, 5) is 7.90. The number of fused-ring (bicyclic) bond motifs is 3. The van der Waals surface area contributed by atoms with Crippen molar-refractivity contribution in [3.8, 4) is 0 Å². The van der Waals surface area contributed by atoms with Gasteiger partial charge in [0.2, 0.25) is 0 Å². The third kappa shape index (κ3) is 2.20. The van der Waals surface area contributed by atoms with Crippen molar-refractivity contribution in [1.82, 2.24) is 9.97 Å². The van der Waals surface area contributed by atoms with Crippen LogP contribution in [-0.4, -0.2) is 9.97 Å². The lowest BCUT2D eigenvalue weighted by Crippen LogP contribution is -2.02. The zero-order valence-corrected chi connectivity index (χ0v) is 12.6. The molecule has 4 rings (SSSR count). The fourth-order valence-corrected chi connectivity index (χ4v) is 2.93. The summed E-state index contributed by atoms with van der Waals surface area (Å²) in [6.07, 6.45) is 1.83. The minimum absolute atomic E-state index is 0.640. The normalized spacial score (nSPS) is 11.1. The summed E-state index contributed by atoms with van der Waals surface area (Å²) >= 11 is 6.20. The molecule has 2 aromatic carbocycles. The summed E-state index contributed by atoms with van der Waals surface area (Å²) in [6.45, 7) is 0.640. The number of hydrogen-bond acceptors (Lipinski definition) is 2. The summed E-state index contributed by atoms with van der Waals surface area (Å²) in [5.41, 5.74) is 3.20. The average molecular weight is 308 g/mol. The van der Waals surface area contributed by atoms with Crippen molar-refractivity contribution >= 4 is 39.2 Å². The molecule has 4 aromatic rings. The zero-order valence-electron chi connectivity index (χ0n) is 11.8. The molecule has 0 aliphatic heterocycles. The SMILES string of the molecule is Clc1ccccc1CNc1nccc2c1[nH]c1ccccc12. The Morgan fingerprint density at radius 1 is 0.955 bits per heavy atom. The lowest BCUT2D eigenvalue weighted by atomic mass is 10.2. The van der Waals surface area contributed by atoms with Crippen LogP contribution in [0.5, 0.6) is 0 Å². The van der Waals surface area contributed by atoms with E-state index in [0.29, 0.717) is 6.54 Å². The largest absolute Gasteiger partial charge is 0.364 e. The topological polar surface area (TPSA) is 40.7 Å². The average Bonchev–Trinajstić information content (AvgIpc) is 2.93. The molecule has 22 heavy (non-hydrogen) atoms. The fourth-order valence-electron chi connectivity index (χ4n) is 2.73. The van der Waals surface area contributed by atoms with Gasteiger partial charge in [-0.05, 0) is 23.8 Å². The van der Waals surface area contributed by atoms with Crippen LogP contribution < -0.4 is 5.32 Å². The number of pyridine rings is 1. The molecule has 0 unspecified atom stereocenters. The van der Waals surface area contributed by atoms with E-state index in [1.165, 1.54) is 10.8 Å². The van der Waals surface area contributed by atoms with Crippen LogP contribution >= 0.6 is 11.6 Å². The Morgan fingerprint density at radius 3 is 2.68 bits per heavy atom. The number of anilines is 1. The summed E-state index contributed by atoms with van der Waals surface area (Å²) in [5, 5.41) is 6.52. The van der Waals surface area contributed by atoms with Crippen LogP contribution in [-0.2, 0) is 6.54 Å². The summed E-state index contributed by atoms with van der Waals surface area (Å²) in [5.74, 6) is 0.841. The van der Waals surface area contributed by atoms with Crippen LogP contribution in [0.25, 0.3) is 21.8 Å². The van der Waals surface area contributed by atoms with Crippen LogP contribution in [0.2, 0.25) is 5.02 Å². The van der Waals surface area contributed by atoms with E-state index in [2.05, 4.69) is 27.4 Å². The number of aromatic nitrogens is 2. The van der Waals surface area contributed by atoms with Gasteiger partial charge in [-0.1, -0.05) is 48.0 Å². The first-order valence-electron chi connectivity index (χ1n) is 7.15. The molecular weight excluding hydrogens is 294 g/mol. The van der Waals surface area contributed by atoms with Gasteiger partial charge in [-0.25, -0.2) is 4.98 Å². The van der Waals surface area contributed by atoms with Gasteiger partial charge >= 0.3 is 0 Å². The van der Waals surface area contributed by atoms with Gasteiger partial charge in [0.15, 0.2) is 5.82 Å². The molecule has 0 saturated carbocycles. The number of halogens is 1. The van der Waals surface area contributed by atoms with Gasteiger partial charge < -0.3 is 10.3 Å². The van der Waals surface area contributed by atoms with Crippen molar-refractivity contribution in [2.75, 3.05) is 5.32 Å². The Hall–Kier alpha value is -2.52. The molecule has 0 saturated heterocycles. The van der Waals surface area contributed by atoms with Gasteiger partial charge in [0.1, 0.15) is 0 Å². The number of rotatable bonds is 3. The zero-order chi connectivity index (χ0) is 14.9. The number of benzene rings is 2. The molecule has 0 atom stereocenters. The lowest BCUT2D eigenvalue weighted by Gasteiger charge is -2.08. The standard InChI is InChI=1S/C18H14ClN3/c19-15-7-3-1-5-12(15)11-21-18-17-14(9-10-20-18)13-6-2-4-8-16(13)22-17/h1-10,22H,11H2,(H,20,21). The Balaban J connectivity index is 1.74. The monoisotopic (exact) mass is 307 g/mol. The highest BCUT2D eigenvalue weighted by molar-refractivity contribution is 6.31. The van der Waals surface area contributed by atoms with Crippen molar-refractivity contribution < 1.29 is 0 Å². The Kier molecular flexibility index (Phi) is 3.20. The maximum Gasteiger partial charge on any atom is 0.150 e. The number of nitrogens with zero attached hydrogens (tertiary/aromatic N) is 1.